The number of halogens is 2. The fourth-order valence-electron chi connectivity index (χ4n) is 1.92. The highest BCUT2D eigenvalue weighted by molar-refractivity contribution is 6.33. The zero-order valence-corrected chi connectivity index (χ0v) is 13.3. The third-order valence-corrected chi connectivity index (χ3v) is 3.49. The van der Waals surface area contributed by atoms with E-state index in [1.54, 1.807) is 24.3 Å². The van der Waals surface area contributed by atoms with Crippen LogP contribution in [-0.4, -0.2) is 25.0 Å². The van der Waals surface area contributed by atoms with Crippen molar-refractivity contribution in [3.8, 4) is 5.75 Å². The molecule has 2 aromatic rings. The first-order valence-corrected chi connectivity index (χ1v) is 7.14. The van der Waals surface area contributed by atoms with Crippen LogP contribution in [0, 0.1) is 5.82 Å². The zero-order chi connectivity index (χ0) is 17.0. The standard InChI is InChI=1S/C17H14ClFO4/c1-10(16(20)11-3-6-13(22-2)7-4-11)23-17(21)14-8-5-12(19)9-15(14)18/h3-10H,1-2H3/t10-/m1/s1. The van der Waals surface area contributed by atoms with Crippen LogP contribution in [0.15, 0.2) is 42.5 Å². The van der Waals surface area contributed by atoms with E-state index < -0.39 is 17.9 Å². The van der Waals surface area contributed by atoms with Gasteiger partial charge in [0.1, 0.15) is 11.6 Å². The summed E-state index contributed by atoms with van der Waals surface area (Å²) >= 11 is 5.80. The average Bonchev–Trinajstić information content (AvgIpc) is 2.54. The monoisotopic (exact) mass is 336 g/mol. The molecule has 0 aliphatic rings. The van der Waals surface area contributed by atoms with Gasteiger partial charge in [0.05, 0.1) is 17.7 Å². The second kappa shape index (κ2) is 7.24. The van der Waals surface area contributed by atoms with E-state index >= 15 is 0 Å². The van der Waals surface area contributed by atoms with E-state index in [4.69, 9.17) is 21.1 Å². The Morgan fingerprint density at radius 3 is 2.35 bits per heavy atom. The summed E-state index contributed by atoms with van der Waals surface area (Å²) in [4.78, 5) is 24.3. The van der Waals surface area contributed by atoms with Gasteiger partial charge in [-0.2, -0.15) is 0 Å². The quantitative estimate of drug-likeness (QED) is 0.613. The lowest BCUT2D eigenvalue weighted by molar-refractivity contribution is 0.0319. The molecule has 0 aliphatic heterocycles. The van der Waals surface area contributed by atoms with Crippen LogP contribution in [0.1, 0.15) is 27.6 Å². The molecule has 0 aromatic heterocycles. The number of ether oxygens (including phenoxy) is 2. The highest BCUT2D eigenvalue weighted by Crippen LogP contribution is 2.20. The Balaban J connectivity index is 2.09. The lowest BCUT2D eigenvalue weighted by atomic mass is 10.1. The van der Waals surface area contributed by atoms with Crippen LogP contribution in [-0.2, 0) is 4.74 Å². The van der Waals surface area contributed by atoms with Crippen molar-refractivity contribution < 1.29 is 23.5 Å². The van der Waals surface area contributed by atoms with Gasteiger partial charge in [-0.3, -0.25) is 4.79 Å². The minimum atomic E-state index is -1.00. The summed E-state index contributed by atoms with van der Waals surface area (Å²) in [6, 6.07) is 9.75. The SMILES string of the molecule is COc1ccc(C(=O)[C@@H](C)OC(=O)c2ccc(F)cc2Cl)cc1. The van der Waals surface area contributed by atoms with Gasteiger partial charge in [-0.15, -0.1) is 0 Å². The van der Waals surface area contributed by atoms with E-state index in [9.17, 15) is 14.0 Å². The molecule has 6 heteroatoms. The normalized spacial score (nSPS) is 11.7. The van der Waals surface area contributed by atoms with Crippen LogP contribution in [0.4, 0.5) is 4.39 Å². The maximum absolute atomic E-state index is 13.0. The van der Waals surface area contributed by atoms with Gasteiger partial charge in [-0.1, -0.05) is 11.6 Å². The van der Waals surface area contributed by atoms with E-state index in [0.29, 0.717) is 11.3 Å². The highest BCUT2D eigenvalue weighted by Gasteiger charge is 2.22. The van der Waals surface area contributed by atoms with Crippen molar-refractivity contribution in [3.05, 3.63) is 64.4 Å². The Bertz CT molecular complexity index is 728. The number of rotatable bonds is 5. The molecule has 0 N–H and O–H groups in total. The molecule has 23 heavy (non-hydrogen) atoms. The summed E-state index contributed by atoms with van der Waals surface area (Å²) < 4.78 is 23.1. The van der Waals surface area contributed by atoms with Crippen molar-refractivity contribution in [2.45, 2.75) is 13.0 Å². The predicted octanol–water partition coefficient (Wildman–Crippen LogP) is 3.92. The van der Waals surface area contributed by atoms with Gasteiger partial charge in [0.15, 0.2) is 6.10 Å². The fraction of sp³-hybridized carbons (Fsp3) is 0.176. The lowest BCUT2D eigenvalue weighted by Gasteiger charge is -2.13. The van der Waals surface area contributed by atoms with Gasteiger partial charge in [-0.05, 0) is 49.4 Å². The minimum Gasteiger partial charge on any atom is -0.497 e. The molecule has 1 atom stereocenters. The first kappa shape index (κ1) is 17.0. The molecule has 2 rings (SSSR count). The maximum Gasteiger partial charge on any atom is 0.340 e. The van der Waals surface area contributed by atoms with Gasteiger partial charge in [0.25, 0.3) is 0 Å². The molecular weight excluding hydrogens is 323 g/mol. The second-order valence-electron chi connectivity index (χ2n) is 4.76. The molecule has 0 amide bonds. The zero-order valence-electron chi connectivity index (χ0n) is 12.5. The summed E-state index contributed by atoms with van der Waals surface area (Å²) in [6.07, 6.45) is -1.00. The molecular formula is C17H14ClFO4. The molecule has 120 valence electrons. The van der Waals surface area contributed by atoms with Crippen molar-refractivity contribution >= 4 is 23.4 Å². The van der Waals surface area contributed by atoms with Crippen molar-refractivity contribution in [1.29, 1.82) is 0 Å². The molecule has 0 radical (unpaired) electrons. The topological polar surface area (TPSA) is 52.6 Å². The van der Waals surface area contributed by atoms with Crippen LogP contribution in [0.3, 0.4) is 0 Å². The first-order valence-electron chi connectivity index (χ1n) is 6.76. The van der Waals surface area contributed by atoms with Crippen molar-refractivity contribution in [1.82, 2.24) is 0 Å². The number of methoxy groups -OCH3 is 1. The largest absolute Gasteiger partial charge is 0.497 e. The Morgan fingerprint density at radius 2 is 1.78 bits per heavy atom. The predicted molar refractivity (Wildman–Crippen MR) is 83.6 cm³/mol. The molecule has 4 nitrogen and oxygen atoms in total. The number of Topliss-reactive ketones (excluding diaryl/α,β-unsaturated/α-hetero) is 1. The van der Waals surface area contributed by atoms with E-state index in [0.717, 1.165) is 12.1 Å². The molecule has 0 aliphatic carbocycles. The van der Waals surface area contributed by atoms with Crippen molar-refractivity contribution in [2.24, 2.45) is 0 Å². The van der Waals surface area contributed by atoms with E-state index in [1.807, 2.05) is 0 Å². The molecule has 0 unspecified atom stereocenters. The van der Waals surface area contributed by atoms with Crippen LogP contribution in [0.2, 0.25) is 5.02 Å². The number of ketones is 1. The average molecular weight is 337 g/mol. The number of carbonyl (C=O) groups excluding carboxylic acids is 2. The Kier molecular flexibility index (Phi) is 5.34. The highest BCUT2D eigenvalue weighted by atomic mass is 35.5. The number of hydrogen-bond donors (Lipinski definition) is 0. The molecule has 0 fully saturated rings. The Hall–Kier alpha value is -2.40. The maximum atomic E-state index is 13.0. The third kappa shape index (κ3) is 4.07. The summed E-state index contributed by atoms with van der Waals surface area (Å²) in [6.45, 7) is 1.46. The van der Waals surface area contributed by atoms with Gasteiger partial charge < -0.3 is 9.47 Å². The van der Waals surface area contributed by atoms with E-state index in [1.165, 1.54) is 20.1 Å². The van der Waals surface area contributed by atoms with Crippen LogP contribution in [0.25, 0.3) is 0 Å². The van der Waals surface area contributed by atoms with Crippen LogP contribution >= 0.6 is 11.6 Å². The van der Waals surface area contributed by atoms with Crippen molar-refractivity contribution in [2.75, 3.05) is 7.11 Å². The van der Waals surface area contributed by atoms with E-state index in [-0.39, 0.29) is 16.4 Å². The second-order valence-corrected chi connectivity index (χ2v) is 5.17. The van der Waals surface area contributed by atoms with Gasteiger partial charge in [0, 0.05) is 5.56 Å². The van der Waals surface area contributed by atoms with Gasteiger partial charge in [0.2, 0.25) is 5.78 Å². The van der Waals surface area contributed by atoms with E-state index in [2.05, 4.69) is 0 Å². The Labute approximate surface area is 137 Å². The van der Waals surface area contributed by atoms with Crippen LogP contribution in [0.5, 0.6) is 5.75 Å². The number of benzene rings is 2. The van der Waals surface area contributed by atoms with Gasteiger partial charge >= 0.3 is 5.97 Å². The number of carbonyl (C=O) groups is 2. The molecule has 0 heterocycles. The molecule has 0 spiro atoms. The number of hydrogen-bond acceptors (Lipinski definition) is 4. The summed E-state index contributed by atoms with van der Waals surface area (Å²) in [5.41, 5.74) is 0.388. The molecule has 2 aromatic carbocycles. The minimum absolute atomic E-state index is 0.00227. The number of esters is 1. The smallest absolute Gasteiger partial charge is 0.340 e. The molecule has 0 bridgehead atoms. The van der Waals surface area contributed by atoms with Crippen LogP contribution < -0.4 is 4.74 Å². The summed E-state index contributed by atoms with van der Waals surface area (Å²) in [7, 11) is 1.52. The summed E-state index contributed by atoms with van der Waals surface area (Å²) in [5.74, 6) is -1.10. The molecule has 0 saturated heterocycles. The van der Waals surface area contributed by atoms with Crippen molar-refractivity contribution in [3.63, 3.8) is 0 Å². The lowest BCUT2D eigenvalue weighted by Crippen LogP contribution is -2.24. The fourth-order valence-corrected chi connectivity index (χ4v) is 2.17. The van der Waals surface area contributed by atoms with Gasteiger partial charge in [-0.25, -0.2) is 9.18 Å². The Morgan fingerprint density at radius 1 is 1.13 bits per heavy atom. The first-order chi connectivity index (χ1) is 10.9. The summed E-state index contributed by atoms with van der Waals surface area (Å²) in [5, 5.41) is -0.0703. The third-order valence-electron chi connectivity index (χ3n) is 3.18. The molecule has 0 saturated carbocycles.